The second-order valence-corrected chi connectivity index (χ2v) is 25.5. The molecule has 98 heavy (non-hydrogen) atoms. The predicted octanol–water partition coefficient (Wildman–Crippen LogP) is -3.06. The summed E-state index contributed by atoms with van der Waals surface area (Å²) in [6.45, 7) is 3.08. The molecule has 7 rings (SSSR count). The Balaban J connectivity index is 1.22. The summed E-state index contributed by atoms with van der Waals surface area (Å²) < 4.78 is 14.9. The number of nitrogens with one attached hydrogen (secondary N) is 10. The second kappa shape index (κ2) is 35.9. The van der Waals surface area contributed by atoms with Gasteiger partial charge in [-0.15, -0.1) is 0 Å². The maximum atomic E-state index is 15.3. The second-order valence-electron chi connectivity index (χ2n) is 25.5. The molecule has 534 valence electrons. The molecule has 1 aliphatic carbocycles. The van der Waals surface area contributed by atoms with E-state index >= 15 is 19.2 Å². The lowest BCUT2D eigenvalue weighted by molar-refractivity contribution is -0.146. The number of halogens is 1. The summed E-state index contributed by atoms with van der Waals surface area (Å²) in [5, 5.41) is 25.4. The number of benzene rings is 2. The zero-order valence-electron chi connectivity index (χ0n) is 55.5. The van der Waals surface area contributed by atoms with Crippen LogP contribution in [0.2, 0.25) is 0 Å². The number of primary amides is 1. The van der Waals surface area contributed by atoms with E-state index in [1.807, 2.05) is 0 Å². The van der Waals surface area contributed by atoms with Gasteiger partial charge in [-0.1, -0.05) is 43.2 Å². The Bertz CT molecular complexity index is 3440. The minimum absolute atomic E-state index is 0.0366. The number of carbonyl (C=O) groups is 12. The average molecular weight is 1370 g/mol. The first-order valence-electron chi connectivity index (χ1n) is 33.5. The van der Waals surface area contributed by atoms with E-state index in [4.69, 9.17) is 34.4 Å². The van der Waals surface area contributed by atoms with Crippen LogP contribution >= 0.6 is 0 Å². The summed E-state index contributed by atoms with van der Waals surface area (Å²) in [4.78, 5) is 185. The number of aromatic amines is 1. The number of para-hydroxylation sites is 1. The van der Waals surface area contributed by atoms with Crippen LogP contribution in [-0.2, 0) is 70.4 Å². The van der Waals surface area contributed by atoms with Gasteiger partial charge in [0.2, 0.25) is 70.9 Å². The lowest BCUT2D eigenvalue weighted by Crippen LogP contribution is -2.67. The number of fused-ring (bicyclic) bond motifs is 2. The largest absolute Gasteiger partial charge is 0.370 e. The molecule has 22 N–H and O–H groups in total. The van der Waals surface area contributed by atoms with E-state index < -0.39 is 143 Å². The first-order chi connectivity index (χ1) is 46.8. The standard InChI is InChI=1S/C65H95FN20O12/c1-36(76-37(2)87)53(89)78-46(22-10-29-74-64(71)72)55(91)81-48(34-39-35-75-42-17-4-3-16-41(39)42)57(93)79-44-18-5-6-19-47(60(96)85-30-11-23-50(85)58(94)80-45(20-8-27-67)54(90)77-43(52(68)88)21-9-28-73-63(69)70)83-62(98)65(25-13-26-65)84-59(95)51-24-12-31-86(51)61(97)49(82-56(44)92)33-38-14-7-15-40(66)32-38/h3-4,7,14-17,32,35-36,43-51,75H,5-6,8-13,18-31,33-34,67H2,1-2H3,(H2,68,88)(H,76,87)(H,77,90)(H,78,89)(H,79,93)(H,80,94)(H,81,91)(H,82,92)(H,83,98)(H,84,95)(H4,69,70,73)(H4,71,72,74)/t36-,43-,44-,45-,46-,47-,48-,49-,50-,51-/m0/s1. The molecule has 2 aromatic carbocycles. The van der Waals surface area contributed by atoms with Crippen LogP contribution in [0, 0.1) is 5.82 Å². The van der Waals surface area contributed by atoms with Gasteiger partial charge in [-0.3, -0.25) is 67.5 Å². The van der Waals surface area contributed by atoms with Crippen molar-refractivity contribution in [2.45, 2.75) is 202 Å². The van der Waals surface area contributed by atoms with Crippen molar-refractivity contribution in [2.24, 2.45) is 44.4 Å². The minimum Gasteiger partial charge on any atom is -0.370 e. The van der Waals surface area contributed by atoms with E-state index in [2.05, 4.69) is 62.8 Å². The minimum atomic E-state index is -1.53. The van der Waals surface area contributed by atoms with Crippen molar-refractivity contribution in [3.8, 4) is 0 Å². The summed E-state index contributed by atoms with van der Waals surface area (Å²) in [6.07, 6.45) is 3.62. The molecule has 4 heterocycles. The molecular weight excluding hydrogens is 1270 g/mol. The number of aliphatic imine (C=N–C) groups is 2. The number of carbonyl (C=O) groups excluding carboxylic acids is 12. The van der Waals surface area contributed by atoms with Crippen molar-refractivity contribution < 1.29 is 61.9 Å². The zero-order valence-corrected chi connectivity index (χ0v) is 55.5. The summed E-state index contributed by atoms with van der Waals surface area (Å²) in [5.41, 5.74) is 33.5. The molecule has 32 nitrogen and oxygen atoms in total. The third-order valence-corrected chi connectivity index (χ3v) is 18.2. The first-order valence-corrected chi connectivity index (χ1v) is 33.5. The van der Waals surface area contributed by atoms with Crippen LogP contribution in [0.5, 0.6) is 0 Å². The van der Waals surface area contributed by atoms with E-state index in [-0.39, 0.29) is 147 Å². The first kappa shape index (κ1) is 75.4. The zero-order chi connectivity index (χ0) is 71.2. The molecule has 1 spiro atoms. The molecule has 3 saturated heterocycles. The van der Waals surface area contributed by atoms with Crippen LogP contribution in [0.4, 0.5) is 4.39 Å². The molecular formula is C65H95FN20O12. The highest BCUT2D eigenvalue weighted by atomic mass is 19.1. The molecule has 1 saturated carbocycles. The Labute approximate surface area is 566 Å². The normalized spacial score (nSPS) is 21.2. The van der Waals surface area contributed by atoms with Crippen molar-refractivity contribution in [2.75, 3.05) is 32.7 Å². The maximum absolute atomic E-state index is 15.3. The fourth-order valence-electron chi connectivity index (χ4n) is 12.8. The highest BCUT2D eigenvalue weighted by molar-refractivity contribution is 6.01. The SMILES string of the molecule is CC(=O)N[C@@H](C)C(=O)N[C@@H](CCCN=C(N)N)C(=O)N[C@@H](Cc1c[nH]c2ccccc12)C(=O)N[C@H]1CCCC[C@@H](C(=O)N2CCC[C@H]2C(=O)N[C@@H](CCCN)C(=O)N[C@@H](CCCN=C(N)N)C(N)=O)NC(=O)C2(CCC2)NC(=O)[C@@H]2CCCN2C(=O)[C@H](Cc2cccc(F)c2)NC1=O. The molecule has 3 aromatic rings. The third kappa shape index (κ3) is 21.0. The fraction of sp³-hybridized carbons (Fsp3) is 0.569. The van der Waals surface area contributed by atoms with E-state index in [1.165, 1.54) is 41.8 Å². The lowest BCUT2D eigenvalue weighted by atomic mass is 9.75. The summed E-state index contributed by atoms with van der Waals surface area (Å²) in [6, 6.07) is -0.380. The molecule has 4 fully saturated rings. The number of hydrogen-bond acceptors (Lipinski definition) is 15. The van der Waals surface area contributed by atoms with Gasteiger partial charge in [0.25, 0.3) is 0 Å². The van der Waals surface area contributed by atoms with Crippen LogP contribution in [0.15, 0.2) is 64.7 Å². The van der Waals surface area contributed by atoms with Crippen molar-refractivity contribution in [3.63, 3.8) is 0 Å². The highest BCUT2D eigenvalue weighted by Crippen LogP contribution is 2.34. The van der Waals surface area contributed by atoms with Crippen molar-refractivity contribution in [3.05, 3.63) is 71.7 Å². The van der Waals surface area contributed by atoms with E-state index in [0.29, 0.717) is 41.3 Å². The molecule has 1 aromatic heterocycles. The van der Waals surface area contributed by atoms with Crippen molar-refractivity contribution >= 4 is 93.7 Å². The Morgan fingerprint density at radius 1 is 0.684 bits per heavy atom. The summed E-state index contributed by atoms with van der Waals surface area (Å²) in [7, 11) is 0. The molecule has 0 radical (unpaired) electrons. The number of H-pyrrole nitrogens is 1. The number of nitrogens with two attached hydrogens (primary N) is 6. The van der Waals surface area contributed by atoms with Crippen molar-refractivity contribution in [1.29, 1.82) is 0 Å². The maximum Gasteiger partial charge on any atom is 0.246 e. The van der Waals surface area contributed by atoms with E-state index in [1.54, 1.807) is 36.5 Å². The van der Waals surface area contributed by atoms with Gasteiger partial charge in [0.05, 0.1) is 0 Å². The number of likely N-dealkylation sites (tertiary alicyclic amines) is 1. The van der Waals surface area contributed by atoms with Gasteiger partial charge in [0.15, 0.2) is 11.9 Å². The molecule has 3 aliphatic heterocycles. The van der Waals surface area contributed by atoms with Gasteiger partial charge < -0.3 is 97.0 Å². The summed E-state index contributed by atoms with van der Waals surface area (Å²) >= 11 is 0. The van der Waals surface area contributed by atoms with Gasteiger partial charge in [-0.2, -0.15) is 0 Å². The van der Waals surface area contributed by atoms with Crippen molar-refractivity contribution in [1.82, 2.24) is 62.6 Å². The predicted molar refractivity (Wildman–Crippen MR) is 359 cm³/mol. The number of hydrogen-bond donors (Lipinski definition) is 16. The van der Waals surface area contributed by atoms with Crippen LogP contribution in [0.1, 0.15) is 134 Å². The Hall–Kier alpha value is -9.95. The number of rotatable bonds is 28. The fourth-order valence-corrected chi connectivity index (χ4v) is 12.8. The van der Waals surface area contributed by atoms with Gasteiger partial charge in [0.1, 0.15) is 71.8 Å². The molecule has 33 heteroatoms. The van der Waals surface area contributed by atoms with Crippen LogP contribution < -0.4 is 82.3 Å². The highest BCUT2D eigenvalue weighted by Gasteiger charge is 2.50. The molecule has 12 amide bonds. The van der Waals surface area contributed by atoms with Gasteiger partial charge in [0, 0.05) is 63.0 Å². The quantitative estimate of drug-likeness (QED) is 0.0195. The Morgan fingerprint density at radius 3 is 1.98 bits per heavy atom. The Morgan fingerprint density at radius 2 is 1.33 bits per heavy atom. The third-order valence-electron chi connectivity index (χ3n) is 18.2. The number of amides is 12. The number of guanidine groups is 2. The monoisotopic (exact) mass is 1370 g/mol. The van der Waals surface area contributed by atoms with Gasteiger partial charge in [-0.25, -0.2) is 4.39 Å². The Kier molecular flexibility index (Phi) is 27.6. The topological polar surface area (TPSA) is 516 Å². The van der Waals surface area contributed by atoms with E-state index in [9.17, 15) is 42.7 Å². The molecule has 4 aliphatic rings. The average Bonchev–Trinajstić information content (AvgIpc) is 0.901. The molecule has 0 bridgehead atoms. The van der Waals surface area contributed by atoms with Crippen LogP contribution in [0.3, 0.4) is 0 Å². The lowest BCUT2D eigenvalue weighted by Gasteiger charge is -2.43. The van der Waals surface area contributed by atoms with Crippen LogP contribution in [-0.4, -0.2) is 196 Å². The number of nitrogens with zero attached hydrogens (tertiary/aromatic N) is 4. The smallest absolute Gasteiger partial charge is 0.246 e. The summed E-state index contributed by atoms with van der Waals surface area (Å²) in [5.74, 6) is -9.88. The molecule has 0 unspecified atom stereocenters. The number of aromatic nitrogens is 1. The van der Waals surface area contributed by atoms with Crippen LogP contribution in [0.25, 0.3) is 10.9 Å². The van der Waals surface area contributed by atoms with E-state index in [0.717, 1.165) is 0 Å². The molecule has 10 atom stereocenters. The van der Waals surface area contributed by atoms with Gasteiger partial charge in [-0.05, 0) is 139 Å². The van der Waals surface area contributed by atoms with Gasteiger partial charge >= 0.3 is 0 Å².